The maximum Gasteiger partial charge on any atom is 0.305 e. The number of nitrogens with one attached hydrogen (secondary N) is 3. The summed E-state index contributed by atoms with van der Waals surface area (Å²) < 4.78 is 4.88. The normalized spacial score (nSPS) is 11.2. The Bertz CT molecular complexity index is 1050. The molecule has 0 aliphatic carbocycles. The number of aliphatic carboxylic acids is 1. The summed E-state index contributed by atoms with van der Waals surface area (Å²) in [5.74, 6) is -4.12. The van der Waals surface area contributed by atoms with Crippen molar-refractivity contribution in [1.29, 1.82) is 0 Å². The summed E-state index contributed by atoms with van der Waals surface area (Å²) in [5.41, 5.74) is 1.14. The molecule has 1 aromatic carbocycles. The molecule has 0 saturated carbocycles. The maximum absolute atomic E-state index is 12.5. The van der Waals surface area contributed by atoms with Crippen molar-refractivity contribution in [3.63, 3.8) is 0 Å². The Kier molecular flexibility index (Phi) is 14.8. The van der Waals surface area contributed by atoms with E-state index in [1.54, 1.807) is 31.2 Å². The van der Waals surface area contributed by atoms with E-state index in [4.69, 9.17) is 9.84 Å². The van der Waals surface area contributed by atoms with Crippen LogP contribution in [0.1, 0.15) is 51.5 Å². The molecule has 0 unspecified atom stereocenters. The third-order valence-electron chi connectivity index (χ3n) is 5.16. The molecule has 0 aliphatic rings. The molecule has 0 heterocycles. The van der Waals surface area contributed by atoms with Crippen molar-refractivity contribution in [1.82, 2.24) is 15.5 Å². The Hall–Kier alpha value is -4.55. The zero-order chi connectivity index (χ0) is 29.2. The first-order valence-corrected chi connectivity index (χ1v) is 12.2. The first kappa shape index (κ1) is 32.5. The molecule has 0 aromatic heterocycles. The lowest BCUT2D eigenvalue weighted by Gasteiger charge is -2.17. The van der Waals surface area contributed by atoms with Crippen LogP contribution >= 0.6 is 0 Å². The number of ether oxygens (including phenoxy) is 1. The van der Waals surface area contributed by atoms with Crippen molar-refractivity contribution in [2.45, 2.75) is 58.6 Å². The zero-order valence-electron chi connectivity index (χ0n) is 21.9. The Morgan fingerprint density at radius 3 is 2.31 bits per heavy atom. The van der Waals surface area contributed by atoms with Crippen molar-refractivity contribution in [3.05, 3.63) is 42.0 Å². The smallest absolute Gasteiger partial charge is 0.305 e. The first-order chi connectivity index (χ1) is 18.5. The van der Waals surface area contributed by atoms with E-state index < -0.39 is 54.6 Å². The van der Waals surface area contributed by atoms with Crippen LogP contribution in [0.3, 0.4) is 0 Å². The van der Waals surface area contributed by atoms with E-state index in [0.717, 1.165) is 4.90 Å². The first-order valence-electron chi connectivity index (χ1n) is 12.2. The van der Waals surface area contributed by atoms with Crippen LogP contribution in [0.5, 0.6) is 0 Å². The van der Waals surface area contributed by atoms with Gasteiger partial charge in [0.25, 0.3) is 5.91 Å². The molecule has 0 bridgehead atoms. The van der Waals surface area contributed by atoms with Crippen LogP contribution in [-0.4, -0.2) is 71.1 Å². The number of benzene rings is 1. The Morgan fingerprint density at radius 1 is 1.03 bits per heavy atom. The predicted molar refractivity (Wildman–Crippen MR) is 139 cm³/mol. The van der Waals surface area contributed by atoms with Gasteiger partial charge in [-0.3, -0.25) is 38.5 Å². The van der Waals surface area contributed by atoms with Crippen LogP contribution in [0.25, 0.3) is 0 Å². The number of carbonyl (C=O) groups is 7. The molecule has 0 spiro atoms. The molecule has 13 heteroatoms. The molecule has 0 aliphatic heterocycles. The van der Waals surface area contributed by atoms with Crippen LogP contribution in [0.4, 0.5) is 5.69 Å². The average molecular weight is 547 g/mol. The van der Waals surface area contributed by atoms with Gasteiger partial charge in [0, 0.05) is 25.6 Å². The van der Waals surface area contributed by atoms with E-state index in [1.807, 2.05) is 0 Å². The monoisotopic (exact) mass is 546 g/mol. The largest absolute Gasteiger partial charge is 0.481 e. The summed E-state index contributed by atoms with van der Waals surface area (Å²) >= 11 is 0. The van der Waals surface area contributed by atoms with Gasteiger partial charge >= 0.3 is 11.9 Å². The molecule has 5 amide bonds. The number of amides is 5. The third kappa shape index (κ3) is 14.1. The van der Waals surface area contributed by atoms with E-state index >= 15 is 0 Å². The van der Waals surface area contributed by atoms with Gasteiger partial charge in [-0.15, -0.1) is 0 Å². The maximum atomic E-state index is 12.5. The number of nitrogens with zero attached hydrogens (tertiary/aromatic N) is 1. The van der Waals surface area contributed by atoms with Crippen molar-refractivity contribution in [2.24, 2.45) is 0 Å². The molecule has 212 valence electrons. The Labute approximate surface area is 225 Å². The van der Waals surface area contributed by atoms with Gasteiger partial charge in [0.2, 0.25) is 24.1 Å². The van der Waals surface area contributed by atoms with Gasteiger partial charge in [-0.05, 0) is 43.5 Å². The molecule has 13 nitrogen and oxygen atoms in total. The number of hydrogen-bond acceptors (Lipinski definition) is 8. The molecule has 0 radical (unpaired) electrons. The quantitative estimate of drug-likeness (QED) is 0.0952. The standard InChI is InChI=1S/C26H34N4O9/c1-3-7-24(35)30(17-31)13-6-4-5-8-22(33)29-21(14-25(36)37)26(38)27-15-23(34)28-20-11-9-19(10-12-20)16-39-18(2)32/h3,7,9-12,17,21H,4-6,8,13-16H2,1-2H3,(H,27,38)(H,28,34)(H,29,33)(H,36,37)/b7-3-/t21-/m0/s1. The fourth-order valence-corrected chi connectivity index (χ4v) is 3.21. The molecule has 1 aromatic rings. The number of anilines is 1. The lowest BCUT2D eigenvalue weighted by molar-refractivity contribution is -0.142. The highest BCUT2D eigenvalue weighted by Gasteiger charge is 2.24. The lowest BCUT2D eigenvalue weighted by atomic mass is 10.1. The van der Waals surface area contributed by atoms with Crippen LogP contribution in [0.15, 0.2) is 36.4 Å². The molecule has 4 N–H and O–H groups in total. The number of rotatable bonds is 17. The molecule has 0 fully saturated rings. The summed E-state index contributed by atoms with van der Waals surface area (Å²) in [6, 6.07) is 5.09. The minimum atomic E-state index is -1.38. The molecule has 0 saturated heterocycles. The number of carbonyl (C=O) groups excluding carboxylic acids is 6. The molecule has 39 heavy (non-hydrogen) atoms. The molecular formula is C26H34N4O9. The van der Waals surface area contributed by atoms with Gasteiger partial charge in [0.1, 0.15) is 12.6 Å². The predicted octanol–water partition coefficient (Wildman–Crippen LogP) is 0.885. The number of carboxylic acid groups (broad SMARTS) is 1. The number of carboxylic acids is 1. The van der Waals surface area contributed by atoms with E-state index in [2.05, 4.69) is 16.0 Å². The van der Waals surface area contributed by atoms with Crippen LogP contribution in [-0.2, 0) is 44.9 Å². The van der Waals surface area contributed by atoms with Gasteiger partial charge in [-0.25, -0.2) is 0 Å². The number of hydrogen-bond donors (Lipinski definition) is 4. The summed E-state index contributed by atoms with van der Waals surface area (Å²) in [5, 5.41) is 16.3. The van der Waals surface area contributed by atoms with Gasteiger partial charge in [0.15, 0.2) is 0 Å². The third-order valence-corrected chi connectivity index (χ3v) is 5.16. The van der Waals surface area contributed by atoms with Gasteiger partial charge in [-0.1, -0.05) is 24.6 Å². The van der Waals surface area contributed by atoms with Gasteiger partial charge in [0.05, 0.1) is 13.0 Å². The van der Waals surface area contributed by atoms with Crippen LogP contribution in [0, 0.1) is 0 Å². The Balaban J connectivity index is 2.47. The highest BCUT2D eigenvalue weighted by molar-refractivity contribution is 5.97. The number of allylic oxidation sites excluding steroid dienone is 1. The van der Waals surface area contributed by atoms with E-state index in [0.29, 0.717) is 36.9 Å². The second-order valence-electron chi connectivity index (χ2n) is 8.41. The van der Waals surface area contributed by atoms with E-state index in [1.165, 1.54) is 19.1 Å². The lowest BCUT2D eigenvalue weighted by Crippen LogP contribution is -2.49. The summed E-state index contributed by atoms with van der Waals surface area (Å²) in [4.78, 5) is 82.6. The van der Waals surface area contributed by atoms with E-state index in [9.17, 15) is 33.6 Å². The fraction of sp³-hybridized carbons (Fsp3) is 0.423. The second-order valence-corrected chi connectivity index (χ2v) is 8.41. The van der Waals surface area contributed by atoms with E-state index in [-0.39, 0.29) is 19.6 Å². The highest BCUT2D eigenvalue weighted by atomic mass is 16.5. The van der Waals surface area contributed by atoms with Crippen molar-refractivity contribution in [2.75, 3.05) is 18.4 Å². The fourth-order valence-electron chi connectivity index (χ4n) is 3.21. The Morgan fingerprint density at radius 2 is 1.72 bits per heavy atom. The molecule has 1 atom stereocenters. The van der Waals surface area contributed by atoms with Crippen molar-refractivity contribution in [3.8, 4) is 0 Å². The minimum Gasteiger partial charge on any atom is -0.481 e. The summed E-state index contributed by atoms with van der Waals surface area (Å²) in [6.45, 7) is 2.77. The van der Waals surface area contributed by atoms with Crippen LogP contribution in [0.2, 0.25) is 0 Å². The SMILES string of the molecule is C/C=C\C(=O)N(C=O)CCCCCC(=O)N[C@@H](CC(=O)O)C(=O)NCC(=O)Nc1ccc(COC(C)=O)cc1. The number of imide groups is 1. The van der Waals surface area contributed by atoms with Gasteiger partial charge in [-0.2, -0.15) is 0 Å². The summed E-state index contributed by atoms with van der Waals surface area (Å²) in [6.07, 6.45) is 3.93. The molecular weight excluding hydrogens is 512 g/mol. The van der Waals surface area contributed by atoms with Crippen molar-refractivity contribution < 1.29 is 43.4 Å². The highest BCUT2D eigenvalue weighted by Crippen LogP contribution is 2.10. The second kappa shape index (κ2) is 17.8. The van der Waals surface area contributed by atoms with Gasteiger partial charge < -0.3 is 25.8 Å². The van der Waals surface area contributed by atoms with Crippen LogP contribution < -0.4 is 16.0 Å². The topological polar surface area (TPSA) is 188 Å². The number of unbranched alkanes of at least 4 members (excludes halogenated alkanes) is 2. The van der Waals surface area contributed by atoms with Crippen molar-refractivity contribution >= 4 is 47.7 Å². The minimum absolute atomic E-state index is 0.00123. The molecule has 1 rings (SSSR count). The average Bonchev–Trinajstić information content (AvgIpc) is 2.88. The summed E-state index contributed by atoms with van der Waals surface area (Å²) in [7, 11) is 0. The zero-order valence-corrected chi connectivity index (χ0v) is 21.9. The number of esters is 1.